The predicted octanol–water partition coefficient (Wildman–Crippen LogP) is 8.29. The molecule has 3 atom stereocenters. The summed E-state index contributed by atoms with van der Waals surface area (Å²) in [4.78, 5) is 40.4. The number of carbonyl (C=O) groups excluding carboxylic acids is 2. The van der Waals surface area contributed by atoms with Gasteiger partial charge in [-0.25, -0.2) is 27.3 Å². The molecule has 0 bridgehead atoms. The number of hydrogen-bond acceptors (Lipinski definition) is 6. The van der Waals surface area contributed by atoms with Crippen LogP contribution in [0, 0.1) is 30.2 Å². The van der Waals surface area contributed by atoms with Gasteiger partial charge in [-0.2, -0.15) is 0 Å². The first-order valence-electron chi connectivity index (χ1n) is 16.9. The Morgan fingerprint density at radius 1 is 0.981 bits per heavy atom. The number of nitrogens with zero attached hydrogens (tertiary/aromatic N) is 3. The van der Waals surface area contributed by atoms with Gasteiger partial charge >= 0.3 is 6.09 Å². The largest absolute Gasteiger partial charge is 0.444 e. The number of nitrogens with one attached hydrogen (secondary N) is 2. The quantitative estimate of drug-likeness (QED) is 0.149. The van der Waals surface area contributed by atoms with Crippen LogP contribution in [0.4, 0.5) is 28.0 Å². The number of morpholine rings is 1. The van der Waals surface area contributed by atoms with Crippen molar-refractivity contribution in [3.05, 3.63) is 124 Å². The highest BCUT2D eigenvalue weighted by Gasteiger charge is 2.37. The number of ether oxygens (including phenoxy) is 2. The summed E-state index contributed by atoms with van der Waals surface area (Å²) >= 11 is 0. The molecule has 6 rings (SSSR count). The van der Waals surface area contributed by atoms with Crippen LogP contribution in [0.25, 0.3) is 11.0 Å². The molecule has 2 aromatic heterocycles. The van der Waals surface area contributed by atoms with E-state index in [1.807, 2.05) is 25.1 Å². The number of rotatable bonds is 9. The number of hydrogen-bond donors (Lipinski definition) is 2. The molecule has 0 radical (unpaired) electrons. The maximum absolute atomic E-state index is 15.3. The summed E-state index contributed by atoms with van der Waals surface area (Å²) in [6.07, 6.45) is 1.40. The third-order valence-corrected chi connectivity index (χ3v) is 8.81. The van der Waals surface area contributed by atoms with Crippen molar-refractivity contribution in [2.75, 3.05) is 18.5 Å². The molecular formula is C39H39F4N5O4. The highest BCUT2D eigenvalue weighted by Crippen LogP contribution is 2.33. The van der Waals surface area contributed by atoms with E-state index in [-0.39, 0.29) is 49.2 Å². The Hall–Kier alpha value is -5.30. The highest BCUT2D eigenvalue weighted by atomic mass is 19.1. The molecule has 1 aliphatic rings. The molecule has 9 nitrogen and oxygen atoms in total. The molecule has 1 saturated heterocycles. The van der Waals surface area contributed by atoms with Crippen LogP contribution >= 0.6 is 0 Å². The van der Waals surface area contributed by atoms with Gasteiger partial charge < -0.3 is 19.8 Å². The molecule has 0 unspecified atom stereocenters. The van der Waals surface area contributed by atoms with E-state index in [0.29, 0.717) is 11.4 Å². The van der Waals surface area contributed by atoms with Crippen LogP contribution in [0.1, 0.15) is 73.7 Å². The number of halogens is 4. The van der Waals surface area contributed by atoms with Crippen LogP contribution in [-0.2, 0) is 20.7 Å². The zero-order valence-electron chi connectivity index (χ0n) is 29.2. The topological polar surface area (TPSA) is 109 Å². The van der Waals surface area contributed by atoms with Crippen LogP contribution in [-0.4, -0.2) is 56.7 Å². The number of aryl methyl sites for hydroxylation is 1. The number of pyridine rings is 1. The fraction of sp³-hybridized carbons (Fsp3) is 0.333. The SMILES string of the molecule is Cc1ccc2nc([C@@H]3CO[C@H](CCc4c(F)cncc4NC(=O)C[C@@H](c4ccc(F)cc4)c4cc(F)cc(F)c4)CN3C(=O)OC(C)(C)C)[nH]c2c1. The van der Waals surface area contributed by atoms with Crippen molar-refractivity contribution in [2.24, 2.45) is 0 Å². The van der Waals surface area contributed by atoms with Crippen LogP contribution in [0.3, 0.4) is 0 Å². The summed E-state index contributed by atoms with van der Waals surface area (Å²) in [7, 11) is 0. The minimum atomic E-state index is -0.839. The third kappa shape index (κ3) is 8.76. The third-order valence-electron chi connectivity index (χ3n) is 8.81. The molecule has 1 aliphatic heterocycles. The number of anilines is 1. The van der Waals surface area contributed by atoms with Crippen LogP contribution in [0.15, 0.2) is 73.1 Å². The Morgan fingerprint density at radius 3 is 2.42 bits per heavy atom. The first-order chi connectivity index (χ1) is 24.7. The van der Waals surface area contributed by atoms with Gasteiger partial charge in [0.1, 0.15) is 40.7 Å². The van der Waals surface area contributed by atoms with E-state index in [0.717, 1.165) is 41.0 Å². The van der Waals surface area contributed by atoms with E-state index in [9.17, 15) is 22.8 Å². The molecule has 0 aliphatic carbocycles. The molecule has 5 aromatic rings. The molecular weight excluding hydrogens is 678 g/mol. The van der Waals surface area contributed by atoms with Crippen molar-refractivity contribution in [1.82, 2.24) is 19.9 Å². The Labute approximate surface area is 298 Å². The Balaban J connectivity index is 1.18. The summed E-state index contributed by atoms with van der Waals surface area (Å²) in [5.41, 5.74) is 2.80. The number of fused-ring (bicyclic) bond motifs is 1. The van der Waals surface area contributed by atoms with Crippen molar-refractivity contribution in [3.63, 3.8) is 0 Å². The fourth-order valence-electron chi connectivity index (χ4n) is 6.36. The second-order valence-corrected chi connectivity index (χ2v) is 14.0. The molecule has 2 amide bonds. The minimum absolute atomic E-state index is 0.108. The maximum atomic E-state index is 15.3. The molecule has 52 heavy (non-hydrogen) atoms. The second-order valence-electron chi connectivity index (χ2n) is 14.0. The Bertz CT molecular complexity index is 2060. The molecule has 272 valence electrons. The first-order valence-corrected chi connectivity index (χ1v) is 16.9. The van der Waals surface area contributed by atoms with E-state index in [2.05, 4.69) is 15.3 Å². The van der Waals surface area contributed by atoms with Gasteiger partial charge in [0.2, 0.25) is 5.91 Å². The fourth-order valence-corrected chi connectivity index (χ4v) is 6.36. The zero-order valence-corrected chi connectivity index (χ0v) is 29.2. The minimum Gasteiger partial charge on any atom is -0.444 e. The van der Waals surface area contributed by atoms with Crippen LogP contribution in [0.5, 0.6) is 0 Å². The summed E-state index contributed by atoms with van der Waals surface area (Å²) in [6.45, 7) is 7.56. The van der Waals surface area contributed by atoms with Gasteiger partial charge in [0.25, 0.3) is 0 Å². The van der Waals surface area contributed by atoms with Crippen LogP contribution in [0.2, 0.25) is 0 Å². The number of imidazole rings is 1. The van der Waals surface area contributed by atoms with E-state index in [1.165, 1.54) is 30.5 Å². The maximum Gasteiger partial charge on any atom is 0.411 e. The standard InChI is InChI=1S/C39H39F4N5O4/c1-22-5-12-32-33(13-22)47-37(46-32)35-21-51-28(20-48(35)38(50)52-39(2,3)4)10-11-29-31(43)18-44-19-34(29)45-36(49)17-30(23-6-8-25(40)9-7-23)24-14-26(41)16-27(42)15-24/h5-9,12-16,18-19,28,30,35H,10-11,17,20-21H2,1-4H3,(H,45,49)(H,46,47)/t28-,30+,35+/m1/s1. The number of benzene rings is 3. The average Bonchev–Trinajstić information content (AvgIpc) is 3.49. The lowest BCUT2D eigenvalue weighted by Gasteiger charge is -2.39. The smallest absolute Gasteiger partial charge is 0.411 e. The summed E-state index contributed by atoms with van der Waals surface area (Å²) < 4.78 is 69.4. The predicted molar refractivity (Wildman–Crippen MR) is 187 cm³/mol. The van der Waals surface area contributed by atoms with Crippen molar-refractivity contribution in [1.29, 1.82) is 0 Å². The van der Waals surface area contributed by atoms with Crippen molar-refractivity contribution < 1.29 is 36.6 Å². The molecule has 13 heteroatoms. The lowest BCUT2D eigenvalue weighted by Crippen LogP contribution is -2.49. The Morgan fingerprint density at radius 2 is 1.71 bits per heavy atom. The van der Waals surface area contributed by atoms with Gasteiger partial charge in [-0.3, -0.25) is 14.7 Å². The number of aromatic nitrogens is 3. The molecule has 3 aromatic carbocycles. The first kappa shape index (κ1) is 36.5. The van der Waals surface area contributed by atoms with Crippen LogP contribution < -0.4 is 5.32 Å². The lowest BCUT2D eigenvalue weighted by molar-refractivity contribution is -0.116. The van der Waals surface area contributed by atoms with E-state index in [4.69, 9.17) is 14.5 Å². The van der Waals surface area contributed by atoms with Gasteiger partial charge in [-0.15, -0.1) is 0 Å². The van der Waals surface area contributed by atoms with Gasteiger partial charge in [-0.05, 0) is 93.6 Å². The van der Waals surface area contributed by atoms with Gasteiger partial charge in [0, 0.05) is 24.0 Å². The average molecular weight is 718 g/mol. The summed E-state index contributed by atoms with van der Waals surface area (Å²) in [5.74, 6) is -3.69. The Kier molecular flexibility index (Phi) is 10.6. The number of carbonyl (C=O) groups is 2. The lowest BCUT2D eigenvalue weighted by atomic mass is 9.88. The molecule has 0 saturated carbocycles. The van der Waals surface area contributed by atoms with Crippen molar-refractivity contribution in [2.45, 2.75) is 70.6 Å². The summed E-state index contributed by atoms with van der Waals surface area (Å²) in [5, 5.41) is 2.71. The van der Waals surface area contributed by atoms with Crippen molar-refractivity contribution >= 4 is 28.7 Å². The summed E-state index contributed by atoms with van der Waals surface area (Å²) in [6, 6.07) is 13.5. The molecule has 0 spiro atoms. The van der Waals surface area contributed by atoms with Gasteiger partial charge in [0.05, 0.1) is 48.4 Å². The molecule has 3 heterocycles. The molecule has 2 N–H and O–H groups in total. The highest BCUT2D eigenvalue weighted by molar-refractivity contribution is 5.92. The normalized spacial score (nSPS) is 16.9. The second kappa shape index (κ2) is 15.1. The molecule has 1 fully saturated rings. The van der Waals surface area contributed by atoms with E-state index in [1.54, 1.807) is 25.7 Å². The van der Waals surface area contributed by atoms with Gasteiger partial charge in [-0.1, -0.05) is 18.2 Å². The zero-order chi connectivity index (χ0) is 37.2. The number of H-pyrrole nitrogens is 1. The monoisotopic (exact) mass is 717 g/mol. The number of aromatic amines is 1. The van der Waals surface area contributed by atoms with Gasteiger partial charge in [0.15, 0.2) is 0 Å². The van der Waals surface area contributed by atoms with E-state index < -0.39 is 58.9 Å². The number of amides is 2. The van der Waals surface area contributed by atoms with Crippen molar-refractivity contribution in [3.8, 4) is 0 Å². The van der Waals surface area contributed by atoms with E-state index >= 15 is 4.39 Å².